The summed E-state index contributed by atoms with van der Waals surface area (Å²) in [5.74, 6) is 1.49. The molecule has 2 aliphatic heterocycles. The molecule has 4 nitrogen and oxygen atoms in total. The molecule has 0 amide bonds. The molecule has 5 rings (SSSR count). The minimum atomic E-state index is -0.400. The predicted molar refractivity (Wildman–Crippen MR) is 104 cm³/mol. The van der Waals surface area contributed by atoms with Crippen LogP contribution in [0.2, 0.25) is 0 Å². The van der Waals surface area contributed by atoms with Crippen LogP contribution in [0, 0.1) is 0 Å². The van der Waals surface area contributed by atoms with E-state index in [0.29, 0.717) is 0 Å². The fourth-order valence-electron chi connectivity index (χ4n) is 4.48. The molecule has 26 heavy (non-hydrogen) atoms. The SMILES string of the molecule is c1ccc(N2CCN(c3cccc4c3OC3(CCCCC3)O4)CC2)cc1. The van der Waals surface area contributed by atoms with E-state index in [1.165, 1.54) is 30.6 Å². The summed E-state index contributed by atoms with van der Waals surface area (Å²) in [6.45, 7) is 4.06. The van der Waals surface area contributed by atoms with E-state index >= 15 is 0 Å². The second kappa shape index (κ2) is 6.42. The fourth-order valence-corrected chi connectivity index (χ4v) is 4.48. The number of para-hydroxylation sites is 2. The summed E-state index contributed by atoms with van der Waals surface area (Å²) in [5.41, 5.74) is 2.50. The van der Waals surface area contributed by atoms with Crippen molar-refractivity contribution in [1.29, 1.82) is 0 Å². The molecule has 1 saturated carbocycles. The van der Waals surface area contributed by atoms with Crippen molar-refractivity contribution in [3.05, 3.63) is 48.5 Å². The van der Waals surface area contributed by atoms with E-state index in [1.54, 1.807) is 0 Å². The van der Waals surface area contributed by atoms with Gasteiger partial charge in [0, 0.05) is 44.7 Å². The zero-order chi connectivity index (χ0) is 17.4. The molecular formula is C22H26N2O2. The quantitative estimate of drug-likeness (QED) is 0.799. The van der Waals surface area contributed by atoms with Gasteiger partial charge >= 0.3 is 0 Å². The molecule has 0 radical (unpaired) electrons. The second-order valence-corrected chi connectivity index (χ2v) is 7.59. The molecule has 2 fully saturated rings. The normalized spacial score (nSPS) is 21.2. The molecule has 1 aliphatic carbocycles. The van der Waals surface area contributed by atoms with Crippen LogP contribution in [0.3, 0.4) is 0 Å². The van der Waals surface area contributed by atoms with Crippen LogP contribution in [-0.2, 0) is 0 Å². The van der Waals surface area contributed by atoms with Gasteiger partial charge in [-0.1, -0.05) is 30.7 Å². The third kappa shape index (κ3) is 2.77. The summed E-state index contributed by atoms with van der Waals surface area (Å²) < 4.78 is 12.8. The summed E-state index contributed by atoms with van der Waals surface area (Å²) in [6, 6.07) is 17.0. The van der Waals surface area contributed by atoms with Crippen LogP contribution < -0.4 is 19.3 Å². The first-order valence-electron chi connectivity index (χ1n) is 9.89. The van der Waals surface area contributed by atoms with Gasteiger partial charge in [-0.3, -0.25) is 0 Å². The highest BCUT2D eigenvalue weighted by Crippen LogP contribution is 2.50. The van der Waals surface area contributed by atoms with Crippen molar-refractivity contribution in [3.63, 3.8) is 0 Å². The first-order chi connectivity index (χ1) is 12.8. The molecule has 0 aromatic heterocycles. The number of fused-ring (bicyclic) bond motifs is 1. The minimum absolute atomic E-state index is 0.400. The highest BCUT2D eigenvalue weighted by Gasteiger charge is 2.44. The molecule has 1 saturated heterocycles. The first-order valence-corrected chi connectivity index (χ1v) is 9.89. The number of benzene rings is 2. The summed E-state index contributed by atoms with van der Waals surface area (Å²) >= 11 is 0. The molecule has 1 spiro atoms. The van der Waals surface area contributed by atoms with E-state index in [1.807, 2.05) is 0 Å². The van der Waals surface area contributed by atoms with Gasteiger partial charge in [0.2, 0.25) is 0 Å². The van der Waals surface area contributed by atoms with E-state index in [-0.39, 0.29) is 0 Å². The highest BCUT2D eigenvalue weighted by atomic mass is 16.7. The van der Waals surface area contributed by atoms with E-state index in [4.69, 9.17) is 9.47 Å². The lowest BCUT2D eigenvalue weighted by molar-refractivity contribution is -0.105. The van der Waals surface area contributed by atoms with Crippen LogP contribution in [0.15, 0.2) is 48.5 Å². The maximum atomic E-state index is 6.45. The molecule has 2 aromatic rings. The van der Waals surface area contributed by atoms with Crippen LogP contribution in [0.5, 0.6) is 11.5 Å². The number of piperazine rings is 1. The summed E-state index contributed by atoms with van der Waals surface area (Å²) in [7, 11) is 0. The molecule has 0 atom stereocenters. The third-order valence-electron chi connectivity index (χ3n) is 5.90. The summed E-state index contributed by atoms with van der Waals surface area (Å²) in [5, 5.41) is 0. The number of anilines is 2. The Morgan fingerprint density at radius 2 is 1.42 bits per heavy atom. The van der Waals surface area contributed by atoms with E-state index in [0.717, 1.165) is 50.5 Å². The number of rotatable bonds is 2. The van der Waals surface area contributed by atoms with Crippen molar-refractivity contribution in [2.75, 3.05) is 36.0 Å². The Morgan fingerprint density at radius 1 is 0.692 bits per heavy atom. The Bertz CT molecular complexity index is 763. The smallest absolute Gasteiger partial charge is 0.251 e. The van der Waals surface area contributed by atoms with Crippen molar-refractivity contribution in [2.45, 2.75) is 37.9 Å². The summed E-state index contributed by atoms with van der Waals surface area (Å²) in [6.07, 6.45) is 5.68. The topological polar surface area (TPSA) is 24.9 Å². The Hall–Kier alpha value is -2.36. The zero-order valence-electron chi connectivity index (χ0n) is 15.2. The molecule has 4 heteroatoms. The van der Waals surface area contributed by atoms with E-state index < -0.39 is 5.79 Å². The van der Waals surface area contributed by atoms with Crippen molar-refractivity contribution < 1.29 is 9.47 Å². The molecule has 0 unspecified atom stereocenters. The number of hydrogen-bond donors (Lipinski definition) is 0. The van der Waals surface area contributed by atoms with E-state index in [9.17, 15) is 0 Å². The third-order valence-corrected chi connectivity index (χ3v) is 5.90. The van der Waals surface area contributed by atoms with E-state index in [2.05, 4.69) is 58.3 Å². The number of nitrogens with zero attached hydrogens (tertiary/aromatic N) is 2. The Balaban J connectivity index is 1.33. The maximum Gasteiger partial charge on any atom is 0.251 e. The average molecular weight is 350 g/mol. The van der Waals surface area contributed by atoms with Crippen LogP contribution in [0.25, 0.3) is 0 Å². The average Bonchev–Trinajstić information content (AvgIpc) is 3.06. The Kier molecular flexibility index (Phi) is 3.92. The van der Waals surface area contributed by atoms with Gasteiger partial charge in [0.05, 0.1) is 5.69 Å². The number of ether oxygens (including phenoxy) is 2. The van der Waals surface area contributed by atoms with Crippen molar-refractivity contribution in [3.8, 4) is 11.5 Å². The van der Waals surface area contributed by atoms with Gasteiger partial charge < -0.3 is 19.3 Å². The molecular weight excluding hydrogens is 324 g/mol. The highest BCUT2D eigenvalue weighted by molar-refractivity contribution is 5.67. The number of hydrogen-bond acceptors (Lipinski definition) is 4. The van der Waals surface area contributed by atoms with Gasteiger partial charge in [-0.05, 0) is 37.1 Å². The molecule has 3 aliphatic rings. The molecule has 0 N–H and O–H groups in total. The van der Waals surface area contributed by atoms with Gasteiger partial charge in [-0.15, -0.1) is 0 Å². The lowest BCUT2D eigenvalue weighted by Crippen LogP contribution is -2.46. The lowest BCUT2D eigenvalue weighted by Gasteiger charge is -2.38. The zero-order valence-corrected chi connectivity index (χ0v) is 15.2. The second-order valence-electron chi connectivity index (χ2n) is 7.59. The van der Waals surface area contributed by atoms with Gasteiger partial charge in [0.15, 0.2) is 11.5 Å². The molecule has 136 valence electrons. The van der Waals surface area contributed by atoms with Gasteiger partial charge in [-0.2, -0.15) is 0 Å². The monoisotopic (exact) mass is 350 g/mol. The molecule has 0 bridgehead atoms. The van der Waals surface area contributed by atoms with Crippen LogP contribution >= 0.6 is 0 Å². The van der Waals surface area contributed by atoms with Gasteiger partial charge in [0.1, 0.15) is 0 Å². The fraction of sp³-hybridized carbons (Fsp3) is 0.455. The van der Waals surface area contributed by atoms with Crippen LogP contribution in [0.1, 0.15) is 32.1 Å². The Labute approximate surface area is 155 Å². The van der Waals surface area contributed by atoms with Crippen molar-refractivity contribution >= 4 is 11.4 Å². The maximum absolute atomic E-state index is 6.45. The predicted octanol–water partition coefficient (Wildman–Crippen LogP) is 4.44. The summed E-state index contributed by atoms with van der Waals surface area (Å²) in [4.78, 5) is 4.91. The lowest BCUT2D eigenvalue weighted by atomic mass is 9.94. The minimum Gasteiger partial charge on any atom is -0.448 e. The molecule has 2 aromatic carbocycles. The van der Waals surface area contributed by atoms with Gasteiger partial charge in [0.25, 0.3) is 5.79 Å². The van der Waals surface area contributed by atoms with Crippen LogP contribution in [0.4, 0.5) is 11.4 Å². The Morgan fingerprint density at radius 3 is 2.19 bits per heavy atom. The largest absolute Gasteiger partial charge is 0.448 e. The van der Waals surface area contributed by atoms with Gasteiger partial charge in [-0.25, -0.2) is 0 Å². The van der Waals surface area contributed by atoms with Crippen molar-refractivity contribution in [1.82, 2.24) is 0 Å². The molecule has 2 heterocycles. The first kappa shape index (κ1) is 15.9. The standard InChI is InChI=1S/C22H26N2O2/c1-3-8-18(9-4-1)23-14-16-24(17-15-23)19-10-7-11-20-21(19)26-22(25-20)12-5-2-6-13-22/h1,3-4,7-11H,2,5-6,12-17H2. The van der Waals surface area contributed by atoms with Crippen LogP contribution in [-0.4, -0.2) is 32.0 Å². The van der Waals surface area contributed by atoms with Crippen molar-refractivity contribution in [2.24, 2.45) is 0 Å².